The Hall–Kier alpha value is -2.40. The van der Waals surface area contributed by atoms with Gasteiger partial charge in [0.2, 0.25) is 0 Å². The number of aliphatic hydroxyl groups excluding tert-OH is 1. The molecule has 5 heteroatoms. The summed E-state index contributed by atoms with van der Waals surface area (Å²) in [4.78, 5) is 11.6. The van der Waals surface area contributed by atoms with E-state index in [1.54, 1.807) is 12.1 Å². The molecule has 3 N–H and O–H groups in total. The highest BCUT2D eigenvalue weighted by Crippen LogP contribution is 2.12. The molecule has 0 saturated heterocycles. The maximum Gasteiger partial charge on any atom is 0.319 e. The summed E-state index contributed by atoms with van der Waals surface area (Å²) < 4.78 is 12.7. The van der Waals surface area contributed by atoms with E-state index in [0.717, 1.165) is 0 Å². The van der Waals surface area contributed by atoms with Crippen LogP contribution in [-0.2, 0) is 0 Å². The first kappa shape index (κ1) is 14.0. The summed E-state index contributed by atoms with van der Waals surface area (Å²) >= 11 is 0. The zero-order valence-electron chi connectivity index (χ0n) is 10.7. The number of aliphatic hydroxyl groups is 1. The van der Waals surface area contributed by atoms with Gasteiger partial charge in [-0.25, -0.2) is 9.18 Å². The second kappa shape index (κ2) is 6.68. The number of carbonyl (C=O) groups excluding carboxylic acids is 1. The molecule has 2 rings (SSSR count). The minimum absolute atomic E-state index is 0.0459. The third kappa shape index (κ3) is 4.07. The Morgan fingerprint density at radius 3 is 2.40 bits per heavy atom. The number of urea groups is 1. The Kier molecular flexibility index (Phi) is 4.68. The van der Waals surface area contributed by atoms with Crippen molar-refractivity contribution in [3.63, 3.8) is 0 Å². The molecule has 0 aliphatic heterocycles. The smallest absolute Gasteiger partial charge is 0.319 e. The largest absolute Gasteiger partial charge is 0.387 e. The minimum atomic E-state index is -0.878. The molecule has 0 radical (unpaired) electrons. The summed E-state index contributed by atoms with van der Waals surface area (Å²) in [6.07, 6.45) is -0.878. The summed E-state index contributed by atoms with van der Waals surface area (Å²) in [6.45, 7) is 0.0459. The maximum absolute atomic E-state index is 12.7. The van der Waals surface area contributed by atoms with Crippen molar-refractivity contribution in [2.45, 2.75) is 6.10 Å². The van der Waals surface area contributed by atoms with Crippen LogP contribution < -0.4 is 10.6 Å². The minimum Gasteiger partial charge on any atom is -0.387 e. The highest BCUT2D eigenvalue weighted by atomic mass is 19.1. The molecule has 0 aromatic heterocycles. The number of carbonyl (C=O) groups is 1. The fourth-order valence-corrected chi connectivity index (χ4v) is 1.69. The predicted octanol–water partition coefficient (Wildman–Crippen LogP) is 2.68. The van der Waals surface area contributed by atoms with E-state index in [1.165, 1.54) is 24.3 Å². The van der Waals surface area contributed by atoms with Crippen molar-refractivity contribution in [3.8, 4) is 0 Å². The first-order chi connectivity index (χ1) is 9.65. The quantitative estimate of drug-likeness (QED) is 0.802. The van der Waals surface area contributed by atoms with Gasteiger partial charge in [0.25, 0.3) is 0 Å². The zero-order valence-corrected chi connectivity index (χ0v) is 10.7. The average molecular weight is 274 g/mol. The van der Waals surface area contributed by atoms with E-state index >= 15 is 0 Å². The van der Waals surface area contributed by atoms with Crippen LogP contribution in [0.25, 0.3) is 0 Å². The molecule has 1 unspecified atom stereocenters. The Balaban J connectivity index is 1.82. The van der Waals surface area contributed by atoms with Gasteiger partial charge in [-0.3, -0.25) is 0 Å². The SMILES string of the molecule is O=C(NCC(O)c1ccc(F)cc1)Nc1ccccc1. The van der Waals surface area contributed by atoms with Gasteiger partial charge < -0.3 is 15.7 Å². The van der Waals surface area contributed by atoms with Crippen molar-refractivity contribution in [3.05, 3.63) is 66.0 Å². The summed E-state index contributed by atoms with van der Waals surface area (Å²) in [5.74, 6) is -0.365. The van der Waals surface area contributed by atoms with Crippen molar-refractivity contribution in [2.24, 2.45) is 0 Å². The molecule has 0 heterocycles. The second-order valence-corrected chi connectivity index (χ2v) is 4.27. The van der Waals surface area contributed by atoms with E-state index < -0.39 is 12.1 Å². The maximum atomic E-state index is 12.7. The van der Waals surface area contributed by atoms with Gasteiger partial charge in [-0.15, -0.1) is 0 Å². The summed E-state index contributed by atoms with van der Waals surface area (Å²) in [7, 11) is 0. The number of hydrogen-bond donors (Lipinski definition) is 3. The molecule has 2 aromatic rings. The van der Waals surface area contributed by atoms with Crippen LogP contribution in [0, 0.1) is 5.82 Å². The molecule has 0 spiro atoms. The highest BCUT2D eigenvalue weighted by Gasteiger charge is 2.09. The third-order valence-electron chi connectivity index (χ3n) is 2.74. The van der Waals surface area contributed by atoms with Gasteiger partial charge >= 0.3 is 6.03 Å². The van der Waals surface area contributed by atoms with Gasteiger partial charge in [-0.1, -0.05) is 30.3 Å². The van der Waals surface area contributed by atoms with Gasteiger partial charge in [0.05, 0.1) is 6.10 Å². The number of amides is 2. The van der Waals surface area contributed by atoms with Crippen molar-refractivity contribution in [1.29, 1.82) is 0 Å². The lowest BCUT2D eigenvalue weighted by Crippen LogP contribution is -2.32. The lowest BCUT2D eigenvalue weighted by Gasteiger charge is -2.13. The Bertz CT molecular complexity index is 558. The van der Waals surface area contributed by atoms with Gasteiger partial charge in [-0.05, 0) is 29.8 Å². The van der Waals surface area contributed by atoms with Crippen molar-refractivity contribution >= 4 is 11.7 Å². The standard InChI is InChI=1S/C15H15FN2O2/c16-12-8-6-11(7-9-12)14(19)10-17-15(20)18-13-4-2-1-3-5-13/h1-9,14,19H,10H2,(H2,17,18,20). The molecule has 0 saturated carbocycles. The Morgan fingerprint density at radius 1 is 1.10 bits per heavy atom. The lowest BCUT2D eigenvalue weighted by atomic mass is 10.1. The van der Waals surface area contributed by atoms with Crippen molar-refractivity contribution in [2.75, 3.05) is 11.9 Å². The van der Waals surface area contributed by atoms with Gasteiger partial charge in [0.1, 0.15) is 5.82 Å². The van der Waals surface area contributed by atoms with Crippen LogP contribution in [0.15, 0.2) is 54.6 Å². The Morgan fingerprint density at radius 2 is 1.75 bits per heavy atom. The molecule has 0 bridgehead atoms. The molecule has 0 aliphatic carbocycles. The van der Waals surface area contributed by atoms with Gasteiger partial charge in [0.15, 0.2) is 0 Å². The van der Waals surface area contributed by atoms with Gasteiger partial charge in [-0.2, -0.15) is 0 Å². The highest BCUT2D eigenvalue weighted by molar-refractivity contribution is 5.89. The number of nitrogens with one attached hydrogen (secondary N) is 2. The molecular weight excluding hydrogens is 259 g/mol. The molecule has 2 amide bonds. The molecule has 2 aromatic carbocycles. The van der Waals surface area contributed by atoms with Crippen LogP contribution in [0.4, 0.5) is 14.9 Å². The van der Waals surface area contributed by atoms with E-state index in [0.29, 0.717) is 11.3 Å². The molecule has 104 valence electrons. The fraction of sp³-hybridized carbons (Fsp3) is 0.133. The van der Waals surface area contributed by atoms with E-state index in [4.69, 9.17) is 0 Å². The second-order valence-electron chi connectivity index (χ2n) is 4.27. The molecule has 1 atom stereocenters. The third-order valence-corrected chi connectivity index (χ3v) is 2.74. The van der Waals surface area contributed by atoms with Crippen LogP contribution >= 0.6 is 0 Å². The number of para-hydroxylation sites is 1. The number of hydrogen-bond acceptors (Lipinski definition) is 2. The first-order valence-corrected chi connectivity index (χ1v) is 6.18. The van der Waals surface area contributed by atoms with E-state index in [1.807, 2.05) is 18.2 Å². The van der Waals surface area contributed by atoms with Crippen LogP contribution in [0.1, 0.15) is 11.7 Å². The Labute approximate surface area is 116 Å². The first-order valence-electron chi connectivity index (χ1n) is 6.18. The number of rotatable bonds is 4. The van der Waals surface area contributed by atoms with Crippen LogP contribution in [-0.4, -0.2) is 17.7 Å². The predicted molar refractivity (Wildman–Crippen MR) is 74.8 cm³/mol. The monoisotopic (exact) mass is 274 g/mol. The fourth-order valence-electron chi connectivity index (χ4n) is 1.69. The van der Waals surface area contributed by atoms with Gasteiger partial charge in [0, 0.05) is 12.2 Å². The van der Waals surface area contributed by atoms with Crippen LogP contribution in [0.3, 0.4) is 0 Å². The van der Waals surface area contributed by atoms with E-state index in [9.17, 15) is 14.3 Å². The summed E-state index contributed by atoms with van der Waals surface area (Å²) in [5.41, 5.74) is 1.22. The summed E-state index contributed by atoms with van der Waals surface area (Å²) in [6, 6.07) is 14.1. The van der Waals surface area contributed by atoms with E-state index in [2.05, 4.69) is 10.6 Å². The molecule has 4 nitrogen and oxygen atoms in total. The number of halogens is 1. The number of benzene rings is 2. The normalized spacial score (nSPS) is 11.7. The zero-order chi connectivity index (χ0) is 14.4. The summed E-state index contributed by atoms with van der Waals surface area (Å²) in [5, 5.41) is 15.0. The van der Waals surface area contributed by atoms with E-state index in [-0.39, 0.29) is 12.4 Å². The molecule has 20 heavy (non-hydrogen) atoms. The van der Waals surface area contributed by atoms with Crippen molar-refractivity contribution < 1.29 is 14.3 Å². The van der Waals surface area contributed by atoms with Crippen LogP contribution in [0.2, 0.25) is 0 Å². The topological polar surface area (TPSA) is 61.4 Å². The number of anilines is 1. The molecule has 0 fully saturated rings. The molecular formula is C15H15FN2O2. The van der Waals surface area contributed by atoms with Crippen LogP contribution in [0.5, 0.6) is 0 Å². The molecule has 0 aliphatic rings. The average Bonchev–Trinajstić information content (AvgIpc) is 2.46. The lowest BCUT2D eigenvalue weighted by molar-refractivity contribution is 0.175. The van der Waals surface area contributed by atoms with Crippen molar-refractivity contribution in [1.82, 2.24) is 5.32 Å².